The Morgan fingerprint density at radius 1 is 1.38 bits per heavy atom. The number of anilines is 1. The molecule has 1 saturated carbocycles. The van der Waals surface area contributed by atoms with E-state index in [0.29, 0.717) is 23.6 Å². The Kier molecular flexibility index (Phi) is 4.66. The Balaban J connectivity index is 2.04. The van der Waals surface area contributed by atoms with Crippen molar-refractivity contribution in [2.45, 2.75) is 25.3 Å². The Morgan fingerprint density at radius 3 is 2.81 bits per heavy atom. The zero-order chi connectivity index (χ0) is 15.4. The number of halogens is 1. The number of aliphatic carboxylic acids is 1. The van der Waals surface area contributed by atoms with Crippen LogP contribution in [0.1, 0.15) is 24.8 Å². The molecule has 0 bridgehead atoms. The van der Waals surface area contributed by atoms with Crippen molar-refractivity contribution in [2.24, 2.45) is 5.92 Å². The number of rotatable bonds is 3. The number of carbonyl (C=O) groups is 2. The SMILES string of the molecule is N#Cc1ccc(Cl)cc1NC(=O)NC1CCCC1C(=O)O. The van der Waals surface area contributed by atoms with Crippen LogP contribution >= 0.6 is 11.6 Å². The van der Waals surface area contributed by atoms with E-state index in [4.69, 9.17) is 22.0 Å². The number of hydrogen-bond donors (Lipinski definition) is 3. The number of nitriles is 1. The molecule has 0 saturated heterocycles. The molecule has 0 radical (unpaired) electrons. The van der Waals surface area contributed by atoms with Gasteiger partial charge in [-0.1, -0.05) is 18.0 Å². The van der Waals surface area contributed by atoms with Gasteiger partial charge in [-0.15, -0.1) is 0 Å². The van der Waals surface area contributed by atoms with E-state index >= 15 is 0 Å². The second kappa shape index (κ2) is 6.46. The first-order chi connectivity index (χ1) is 10.0. The first kappa shape index (κ1) is 15.1. The summed E-state index contributed by atoms with van der Waals surface area (Å²) in [5.41, 5.74) is 0.586. The van der Waals surface area contributed by atoms with Gasteiger partial charge in [0.15, 0.2) is 0 Å². The van der Waals surface area contributed by atoms with Crippen LogP contribution in [0, 0.1) is 17.2 Å². The van der Waals surface area contributed by atoms with Crippen LogP contribution in [0.2, 0.25) is 5.02 Å². The summed E-state index contributed by atoms with van der Waals surface area (Å²) < 4.78 is 0. The molecule has 7 heteroatoms. The van der Waals surface area contributed by atoms with Crippen LogP contribution in [0.4, 0.5) is 10.5 Å². The summed E-state index contributed by atoms with van der Waals surface area (Å²) >= 11 is 5.83. The van der Waals surface area contributed by atoms with Gasteiger partial charge in [0.2, 0.25) is 0 Å². The molecule has 0 aliphatic heterocycles. The van der Waals surface area contributed by atoms with Crippen molar-refractivity contribution < 1.29 is 14.7 Å². The summed E-state index contributed by atoms with van der Waals surface area (Å²) in [6.07, 6.45) is 1.95. The molecule has 21 heavy (non-hydrogen) atoms. The lowest BCUT2D eigenvalue weighted by Gasteiger charge is -2.18. The maximum atomic E-state index is 11.9. The van der Waals surface area contributed by atoms with Gasteiger partial charge in [-0.2, -0.15) is 5.26 Å². The van der Waals surface area contributed by atoms with Gasteiger partial charge in [-0.25, -0.2) is 4.79 Å². The lowest BCUT2D eigenvalue weighted by Crippen LogP contribution is -2.42. The number of carbonyl (C=O) groups excluding carboxylic acids is 1. The minimum absolute atomic E-state index is 0.288. The number of nitrogens with one attached hydrogen (secondary N) is 2. The Bertz CT molecular complexity index is 612. The minimum Gasteiger partial charge on any atom is -0.481 e. The quantitative estimate of drug-likeness (QED) is 0.798. The zero-order valence-electron chi connectivity index (χ0n) is 11.1. The second-order valence-electron chi connectivity index (χ2n) is 4.88. The molecule has 0 spiro atoms. The number of carboxylic acids is 1. The van der Waals surface area contributed by atoms with Gasteiger partial charge in [-0.3, -0.25) is 4.79 Å². The average molecular weight is 308 g/mol. The zero-order valence-corrected chi connectivity index (χ0v) is 11.9. The van der Waals surface area contributed by atoms with E-state index in [1.165, 1.54) is 12.1 Å². The molecule has 3 N–H and O–H groups in total. The van der Waals surface area contributed by atoms with Gasteiger partial charge >= 0.3 is 12.0 Å². The van der Waals surface area contributed by atoms with E-state index in [9.17, 15) is 9.59 Å². The van der Waals surface area contributed by atoms with Crippen molar-refractivity contribution in [3.63, 3.8) is 0 Å². The summed E-state index contributed by atoms with van der Waals surface area (Å²) in [4.78, 5) is 23.0. The molecule has 1 aliphatic carbocycles. The van der Waals surface area contributed by atoms with Gasteiger partial charge < -0.3 is 15.7 Å². The molecule has 1 aromatic carbocycles. The van der Waals surface area contributed by atoms with Gasteiger partial charge in [0.1, 0.15) is 6.07 Å². The number of carboxylic acid groups (broad SMARTS) is 1. The fraction of sp³-hybridized carbons (Fsp3) is 0.357. The standard InChI is InChI=1S/C14H14ClN3O3/c15-9-5-4-8(7-16)12(6-9)18-14(21)17-11-3-1-2-10(11)13(19)20/h4-6,10-11H,1-3H2,(H,19,20)(H2,17,18,21). The summed E-state index contributed by atoms with van der Waals surface area (Å²) in [6.45, 7) is 0. The van der Waals surface area contributed by atoms with Crippen molar-refractivity contribution in [2.75, 3.05) is 5.32 Å². The van der Waals surface area contributed by atoms with Crippen LogP contribution in [0.15, 0.2) is 18.2 Å². The van der Waals surface area contributed by atoms with Crippen molar-refractivity contribution in [3.05, 3.63) is 28.8 Å². The molecule has 2 atom stereocenters. The maximum absolute atomic E-state index is 11.9. The Morgan fingerprint density at radius 2 is 2.14 bits per heavy atom. The Hall–Kier alpha value is -2.26. The van der Waals surface area contributed by atoms with Crippen LogP contribution in [-0.2, 0) is 4.79 Å². The maximum Gasteiger partial charge on any atom is 0.319 e. The van der Waals surface area contributed by atoms with Crippen LogP contribution in [0.3, 0.4) is 0 Å². The third-order valence-corrected chi connectivity index (χ3v) is 3.74. The first-order valence-electron chi connectivity index (χ1n) is 6.51. The molecule has 1 aliphatic rings. The normalized spacial score (nSPS) is 20.6. The number of amides is 2. The second-order valence-corrected chi connectivity index (χ2v) is 5.32. The molecular formula is C14H14ClN3O3. The third kappa shape index (κ3) is 3.64. The van der Waals surface area contributed by atoms with E-state index in [1.807, 2.05) is 6.07 Å². The number of nitrogens with zero attached hydrogens (tertiary/aromatic N) is 1. The fourth-order valence-corrected chi connectivity index (χ4v) is 2.64. The van der Waals surface area contributed by atoms with Gasteiger partial charge in [-0.05, 0) is 31.0 Å². The van der Waals surface area contributed by atoms with E-state index in [1.54, 1.807) is 6.07 Å². The van der Waals surface area contributed by atoms with Crippen molar-refractivity contribution >= 4 is 29.3 Å². The van der Waals surface area contributed by atoms with E-state index in [0.717, 1.165) is 6.42 Å². The van der Waals surface area contributed by atoms with Crippen LogP contribution in [0.25, 0.3) is 0 Å². The summed E-state index contributed by atoms with van der Waals surface area (Å²) in [6, 6.07) is 5.56. The fourth-order valence-electron chi connectivity index (χ4n) is 2.47. The molecule has 0 aromatic heterocycles. The molecule has 1 fully saturated rings. The first-order valence-corrected chi connectivity index (χ1v) is 6.89. The molecule has 0 heterocycles. The van der Waals surface area contributed by atoms with Crippen LogP contribution in [-0.4, -0.2) is 23.1 Å². The topological polar surface area (TPSA) is 102 Å². The predicted octanol–water partition coefficient (Wildman–Crippen LogP) is 2.59. The highest BCUT2D eigenvalue weighted by Gasteiger charge is 2.33. The molecule has 2 rings (SSSR count). The molecule has 6 nitrogen and oxygen atoms in total. The average Bonchev–Trinajstić information content (AvgIpc) is 2.87. The highest BCUT2D eigenvalue weighted by atomic mass is 35.5. The molecular weight excluding hydrogens is 294 g/mol. The number of urea groups is 1. The van der Waals surface area contributed by atoms with Gasteiger partial charge in [0, 0.05) is 11.1 Å². The van der Waals surface area contributed by atoms with Crippen LogP contribution in [0.5, 0.6) is 0 Å². The summed E-state index contributed by atoms with van der Waals surface area (Å²) in [5, 5.41) is 23.6. The highest BCUT2D eigenvalue weighted by molar-refractivity contribution is 6.31. The number of hydrogen-bond acceptors (Lipinski definition) is 3. The molecule has 1 aromatic rings. The summed E-state index contributed by atoms with van der Waals surface area (Å²) in [5.74, 6) is -1.47. The highest BCUT2D eigenvalue weighted by Crippen LogP contribution is 2.26. The molecule has 2 amide bonds. The van der Waals surface area contributed by atoms with Crippen molar-refractivity contribution in [1.82, 2.24) is 5.32 Å². The lowest BCUT2D eigenvalue weighted by molar-refractivity contribution is -0.142. The number of benzene rings is 1. The van der Waals surface area contributed by atoms with Gasteiger partial charge in [0.25, 0.3) is 0 Å². The smallest absolute Gasteiger partial charge is 0.319 e. The third-order valence-electron chi connectivity index (χ3n) is 3.50. The molecule has 110 valence electrons. The predicted molar refractivity (Wildman–Crippen MR) is 77.1 cm³/mol. The van der Waals surface area contributed by atoms with E-state index < -0.39 is 24.0 Å². The van der Waals surface area contributed by atoms with Crippen molar-refractivity contribution in [1.29, 1.82) is 5.26 Å². The van der Waals surface area contributed by atoms with E-state index in [2.05, 4.69) is 10.6 Å². The van der Waals surface area contributed by atoms with Gasteiger partial charge in [0.05, 0.1) is 17.2 Å². The summed E-state index contributed by atoms with van der Waals surface area (Å²) in [7, 11) is 0. The lowest BCUT2D eigenvalue weighted by atomic mass is 10.0. The Labute approximate surface area is 126 Å². The largest absolute Gasteiger partial charge is 0.481 e. The minimum atomic E-state index is -0.904. The van der Waals surface area contributed by atoms with E-state index in [-0.39, 0.29) is 5.56 Å². The van der Waals surface area contributed by atoms with Crippen LogP contribution < -0.4 is 10.6 Å². The van der Waals surface area contributed by atoms with Crippen molar-refractivity contribution in [3.8, 4) is 6.07 Å². The monoisotopic (exact) mass is 307 g/mol. The molecule has 2 unspecified atom stereocenters.